The van der Waals surface area contributed by atoms with Crippen LogP contribution in [0.5, 0.6) is 0 Å². The van der Waals surface area contributed by atoms with Gasteiger partial charge in [-0.05, 0) is 60.9 Å². The normalized spacial score (nSPS) is 13.0. The third-order valence-corrected chi connectivity index (χ3v) is 6.85. The van der Waals surface area contributed by atoms with Crippen LogP contribution in [0.25, 0.3) is 17.1 Å². The predicted molar refractivity (Wildman–Crippen MR) is 139 cm³/mol. The van der Waals surface area contributed by atoms with Gasteiger partial charge < -0.3 is 5.32 Å². The summed E-state index contributed by atoms with van der Waals surface area (Å²) < 4.78 is 40.3. The molecule has 0 saturated carbocycles. The molecule has 0 atom stereocenters. The number of halogens is 3. The number of nitrogens with zero attached hydrogens (tertiary/aromatic N) is 5. The zero-order chi connectivity index (χ0) is 27.0. The fourth-order valence-corrected chi connectivity index (χ4v) is 4.98. The Hall–Kier alpha value is -4.19. The molecule has 0 amide bonds. The molecule has 0 fully saturated rings. The summed E-state index contributed by atoms with van der Waals surface area (Å²) in [5.41, 5.74) is 6.43. The molecular formula is C29H27F3N6. The fourth-order valence-electron chi connectivity index (χ4n) is 4.98. The van der Waals surface area contributed by atoms with E-state index in [0.29, 0.717) is 29.3 Å². The van der Waals surface area contributed by atoms with Crippen molar-refractivity contribution >= 4 is 5.69 Å². The smallest absolute Gasteiger partial charge is 0.379 e. The van der Waals surface area contributed by atoms with Crippen LogP contribution in [0.3, 0.4) is 0 Å². The Bertz CT molecular complexity index is 1530. The zero-order valence-electron chi connectivity index (χ0n) is 21.4. The maximum Gasteiger partial charge on any atom is 0.435 e. The number of benzene rings is 1. The predicted octanol–water partition coefficient (Wildman–Crippen LogP) is 6.75. The van der Waals surface area contributed by atoms with E-state index in [1.807, 2.05) is 18.2 Å². The minimum Gasteiger partial charge on any atom is -0.379 e. The molecule has 4 aromatic rings. The van der Waals surface area contributed by atoms with E-state index < -0.39 is 11.9 Å². The second-order valence-electron chi connectivity index (χ2n) is 9.80. The molecule has 1 aromatic carbocycles. The van der Waals surface area contributed by atoms with Gasteiger partial charge in [0.05, 0.1) is 11.4 Å². The molecule has 3 heterocycles. The minimum absolute atomic E-state index is 0.277. The highest BCUT2D eigenvalue weighted by Gasteiger charge is 2.34. The average Bonchev–Trinajstić information content (AvgIpc) is 3.53. The first-order valence-corrected chi connectivity index (χ1v) is 12.6. The topological polar surface area (TPSA) is 79.4 Å². The molecule has 6 nitrogen and oxygen atoms in total. The molecule has 194 valence electrons. The molecule has 1 N–H and O–H groups in total. The summed E-state index contributed by atoms with van der Waals surface area (Å²) in [4.78, 5) is 9.31. The van der Waals surface area contributed by atoms with Gasteiger partial charge >= 0.3 is 6.18 Å². The molecule has 0 spiro atoms. The number of nitrogens with one attached hydrogen (secondary N) is 1. The van der Waals surface area contributed by atoms with E-state index in [2.05, 4.69) is 41.4 Å². The molecule has 1 aliphatic rings. The number of alkyl halides is 3. The van der Waals surface area contributed by atoms with Crippen LogP contribution in [0.4, 0.5) is 18.9 Å². The molecule has 0 unspecified atom stereocenters. The van der Waals surface area contributed by atoms with Crippen molar-refractivity contribution in [3.8, 4) is 23.1 Å². The highest BCUT2D eigenvalue weighted by atomic mass is 19.4. The van der Waals surface area contributed by atoms with Gasteiger partial charge in [0.1, 0.15) is 11.6 Å². The lowest BCUT2D eigenvalue weighted by Crippen LogP contribution is -2.10. The summed E-state index contributed by atoms with van der Waals surface area (Å²) in [5, 5.41) is 17.4. The summed E-state index contributed by atoms with van der Waals surface area (Å²) in [6.45, 7) is 6.21. The van der Waals surface area contributed by atoms with Crippen molar-refractivity contribution in [2.24, 2.45) is 0 Å². The summed E-state index contributed by atoms with van der Waals surface area (Å²) in [5.74, 6) is 0.580. The van der Waals surface area contributed by atoms with E-state index >= 15 is 0 Å². The van der Waals surface area contributed by atoms with Crippen LogP contribution < -0.4 is 5.32 Å². The number of fused-ring (bicyclic) bond motifs is 1. The Morgan fingerprint density at radius 1 is 1.13 bits per heavy atom. The Balaban J connectivity index is 1.46. The molecule has 38 heavy (non-hydrogen) atoms. The van der Waals surface area contributed by atoms with Crippen LogP contribution in [-0.4, -0.2) is 19.7 Å². The first kappa shape index (κ1) is 25.5. The van der Waals surface area contributed by atoms with Gasteiger partial charge in [-0.25, -0.2) is 9.67 Å². The van der Waals surface area contributed by atoms with Crippen LogP contribution in [0.2, 0.25) is 0 Å². The number of aromatic nitrogens is 4. The Morgan fingerprint density at radius 3 is 2.58 bits per heavy atom. The van der Waals surface area contributed by atoms with Crippen molar-refractivity contribution in [1.29, 1.82) is 5.26 Å². The summed E-state index contributed by atoms with van der Waals surface area (Å²) in [7, 11) is 0. The van der Waals surface area contributed by atoms with Crippen molar-refractivity contribution < 1.29 is 13.2 Å². The van der Waals surface area contributed by atoms with Crippen molar-refractivity contribution in [1.82, 2.24) is 19.7 Å². The van der Waals surface area contributed by atoms with Gasteiger partial charge in [0, 0.05) is 29.7 Å². The average molecular weight is 517 g/mol. The monoisotopic (exact) mass is 516 g/mol. The van der Waals surface area contributed by atoms with Crippen molar-refractivity contribution in [3.63, 3.8) is 0 Å². The largest absolute Gasteiger partial charge is 0.435 e. The van der Waals surface area contributed by atoms with Crippen LogP contribution >= 0.6 is 0 Å². The molecule has 9 heteroatoms. The lowest BCUT2D eigenvalue weighted by atomic mass is 9.92. The zero-order valence-corrected chi connectivity index (χ0v) is 21.4. The van der Waals surface area contributed by atoms with E-state index in [0.717, 1.165) is 59.0 Å². The molecule has 3 aromatic heterocycles. The van der Waals surface area contributed by atoms with E-state index in [-0.39, 0.29) is 5.92 Å². The molecule has 0 radical (unpaired) electrons. The lowest BCUT2D eigenvalue weighted by Gasteiger charge is -2.19. The third kappa shape index (κ3) is 4.74. The number of hydrogen-bond acceptors (Lipinski definition) is 5. The number of pyridine rings is 2. The van der Waals surface area contributed by atoms with Crippen LogP contribution in [-0.2, 0) is 25.6 Å². The van der Waals surface area contributed by atoms with Crippen LogP contribution in [0, 0.1) is 18.3 Å². The second kappa shape index (κ2) is 9.93. The van der Waals surface area contributed by atoms with Crippen molar-refractivity contribution in [2.45, 2.75) is 58.7 Å². The van der Waals surface area contributed by atoms with E-state index in [1.54, 1.807) is 25.3 Å². The highest BCUT2D eigenvalue weighted by Crippen LogP contribution is 2.38. The highest BCUT2D eigenvalue weighted by molar-refractivity contribution is 5.80. The van der Waals surface area contributed by atoms with Gasteiger partial charge in [-0.3, -0.25) is 4.98 Å². The van der Waals surface area contributed by atoms with Crippen LogP contribution in [0.15, 0.2) is 48.7 Å². The maximum absolute atomic E-state index is 13.0. The molecule has 1 aliphatic carbocycles. The minimum atomic E-state index is -4.52. The SMILES string of the molecule is Cc1cc(C(F)(F)F)nn1-c1ccc(CNc2c(C#N)c(-c3ccccc3C(C)C)nc3c2CCC3)cn1. The first-order valence-electron chi connectivity index (χ1n) is 12.6. The molecular weight excluding hydrogens is 489 g/mol. The number of hydrogen-bond donors (Lipinski definition) is 1. The molecule has 0 aliphatic heterocycles. The van der Waals surface area contributed by atoms with E-state index in [9.17, 15) is 18.4 Å². The maximum atomic E-state index is 13.0. The van der Waals surface area contributed by atoms with E-state index in [1.165, 1.54) is 4.68 Å². The number of anilines is 1. The number of aryl methyl sites for hydroxylation is 2. The quantitative estimate of drug-likeness (QED) is 0.307. The van der Waals surface area contributed by atoms with E-state index in [4.69, 9.17) is 4.98 Å². The second-order valence-corrected chi connectivity index (χ2v) is 9.80. The molecule has 0 saturated heterocycles. The Kier molecular flexibility index (Phi) is 6.66. The van der Waals surface area contributed by atoms with Gasteiger partial charge in [0.2, 0.25) is 0 Å². The van der Waals surface area contributed by atoms with Gasteiger partial charge in [0.15, 0.2) is 11.5 Å². The number of nitriles is 1. The summed E-state index contributed by atoms with van der Waals surface area (Å²) in [6.07, 6.45) is -0.206. The van der Waals surface area contributed by atoms with Crippen molar-refractivity contribution in [2.75, 3.05) is 5.32 Å². The van der Waals surface area contributed by atoms with Gasteiger partial charge in [-0.1, -0.05) is 44.2 Å². The summed E-state index contributed by atoms with van der Waals surface area (Å²) in [6, 6.07) is 14.9. The Morgan fingerprint density at radius 2 is 1.92 bits per heavy atom. The van der Waals surface area contributed by atoms with Gasteiger partial charge in [0.25, 0.3) is 0 Å². The van der Waals surface area contributed by atoms with Gasteiger partial charge in [-0.15, -0.1) is 0 Å². The van der Waals surface area contributed by atoms with Gasteiger partial charge in [-0.2, -0.15) is 23.5 Å². The Labute approximate surface area is 219 Å². The van der Waals surface area contributed by atoms with Crippen molar-refractivity contribution in [3.05, 3.63) is 88.0 Å². The standard InChI is InChI=1S/C29H27F3N6/c1-17(2)20-7-4-5-8-21(20)28-23(14-33)27(22-9-6-10-24(22)36-28)35-16-19-11-12-26(34-15-19)38-18(3)13-25(37-38)29(30,31)32/h4-5,7-8,11-13,15,17H,6,9-10,16H2,1-3H3,(H,35,36). The lowest BCUT2D eigenvalue weighted by molar-refractivity contribution is -0.141. The number of rotatable bonds is 6. The third-order valence-electron chi connectivity index (χ3n) is 6.85. The molecule has 0 bridgehead atoms. The molecule has 5 rings (SSSR count). The fraction of sp³-hybridized carbons (Fsp3) is 0.310. The summed E-state index contributed by atoms with van der Waals surface area (Å²) >= 11 is 0. The first-order chi connectivity index (χ1) is 18.2. The van der Waals surface area contributed by atoms with Crippen LogP contribution in [0.1, 0.15) is 65.5 Å².